The van der Waals surface area contributed by atoms with Crippen LogP contribution in [0.4, 0.5) is 0 Å². The number of hydrogen-bond acceptors (Lipinski definition) is 5. The number of amides is 1. The van der Waals surface area contributed by atoms with Crippen LogP contribution >= 0.6 is 11.8 Å². The van der Waals surface area contributed by atoms with Gasteiger partial charge in [-0.2, -0.15) is 11.8 Å². The molecule has 1 saturated carbocycles. The summed E-state index contributed by atoms with van der Waals surface area (Å²) in [5.74, 6) is -0.187. The minimum absolute atomic E-state index is 0. The average Bonchev–Trinajstić information content (AvgIpc) is 2.95. The molecule has 2 aromatic rings. The van der Waals surface area contributed by atoms with Crippen LogP contribution in [-0.4, -0.2) is 36.0 Å². The van der Waals surface area contributed by atoms with Gasteiger partial charge in [0.1, 0.15) is 0 Å². The van der Waals surface area contributed by atoms with E-state index in [1.165, 1.54) is 44.9 Å². The molecule has 1 aliphatic rings. The van der Waals surface area contributed by atoms with Crippen LogP contribution in [0.25, 0.3) is 11.1 Å². The number of hydrogen-bond donors (Lipinski definition) is 1. The maximum Gasteiger partial charge on any atom is 1.00 e. The third-order valence-corrected chi connectivity index (χ3v) is 8.60. The number of unbranched alkanes of at least 4 members (excludes halogenated alkanes) is 1. The molecule has 5 nitrogen and oxygen atoms in total. The second-order valence-corrected chi connectivity index (χ2v) is 12.0. The fourth-order valence-electron chi connectivity index (χ4n) is 5.55. The van der Waals surface area contributed by atoms with Gasteiger partial charge in [0, 0.05) is 5.56 Å². The molecule has 0 radical (unpaired) electrons. The minimum atomic E-state index is -1.26. The summed E-state index contributed by atoms with van der Waals surface area (Å²) in [6.45, 7) is 4.74. The van der Waals surface area contributed by atoms with E-state index in [0.717, 1.165) is 47.4 Å². The standard InChI is InChI=1S/C33H47NO4S.Li/c1-4-5-14-27(18-16-25-12-7-6-8-13-25)38-23-26-17-19-29(30(22-26)28-15-10-9-11-24(28)2)32(35)34-31(33(36)37)20-21-39-3;/h9-11,15,17,19,22,25,27,31H,4-8,12-14,16,18,20-21,23H2,1-3H3,(H,34,35)(H,36,37);/q;+1/p-1/t27?,31-;/m0./s1. The third kappa shape index (κ3) is 10.9. The second-order valence-electron chi connectivity index (χ2n) is 11.0. The van der Waals surface area contributed by atoms with Gasteiger partial charge in [0.05, 0.1) is 24.7 Å². The minimum Gasteiger partial charge on any atom is -0.548 e. The van der Waals surface area contributed by atoms with Crippen LogP contribution in [0.3, 0.4) is 0 Å². The first-order valence-electron chi connectivity index (χ1n) is 14.7. The summed E-state index contributed by atoms with van der Waals surface area (Å²) in [5.41, 5.74) is 4.28. The Balaban J connectivity index is 0.00000560. The van der Waals surface area contributed by atoms with Gasteiger partial charge >= 0.3 is 18.9 Å². The molecule has 2 aromatic carbocycles. The van der Waals surface area contributed by atoms with Crippen molar-refractivity contribution in [1.82, 2.24) is 5.32 Å². The molecule has 1 unspecified atom stereocenters. The van der Waals surface area contributed by atoms with Crippen molar-refractivity contribution in [3.8, 4) is 11.1 Å². The van der Waals surface area contributed by atoms with Gasteiger partial charge in [-0.25, -0.2) is 0 Å². The van der Waals surface area contributed by atoms with E-state index >= 15 is 0 Å². The molecular weight excluding hydrogens is 513 g/mol. The molecule has 1 fully saturated rings. The van der Waals surface area contributed by atoms with Crippen molar-refractivity contribution in [2.45, 2.75) is 103 Å². The van der Waals surface area contributed by atoms with Gasteiger partial charge < -0.3 is 20.0 Å². The van der Waals surface area contributed by atoms with Crippen LogP contribution < -0.4 is 29.3 Å². The van der Waals surface area contributed by atoms with Crippen LogP contribution in [0.1, 0.15) is 99.0 Å². The number of ether oxygens (including phenoxy) is 1. The van der Waals surface area contributed by atoms with Crippen LogP contribution in [0.5, 0.6) is 0 Å². The van der Waals surface area contributed by atoms with E-state index in [2.05, 4.69) is 12.2 Å². The molecule has 0 spiro atoms. The number of carboxylic acid groups (broad SMARTS) is 1. The van der Waals surface area contributed by atoms with Gasteiger partial charge in [0.15, 0.2) is 0 Å². The SMILES string of the molecule is CCCCC(CCC1CCCCC1)OCc1ccc(C(=O)N[C@@H](CCSC)C(=O)[O-])c(-c2ccccc2C)c1.[Li+]. The summed E-state index contributed by atoms with van der Waals surface area (Å²) in [5, 5.41) is 14.4. The van der Waals surface area contributed by atoms with E-state index < -0.39 is 17.9 Å². The number of carbonyl (C=O) groups excluding carboxylic acids is 2. The smallest absolute Gasteiger partial charge is 0.548 e. The molecule has 7 heteroatoms. The van der Waals surface area contributed by atoms with Gasteiger partial charge in [-0.05, 0) is 84.9 Å². The van der Waals surface area contributed by atoms with Gasteiger partial charge in [0.2, 0.25) is 0 Å². The van der Waals surface area contributed by atoms with E-state index in [0.29, 0.717) is 24.3 Å². The second kappa shape index (κ2) is 18.7. The van der Waals surface area contributed by atoms with Gasteiger partial charge in [0.25, 0.3) is 5.91 Å². The zero-order valence-electron chi connectivity index (χ0n) is 25.0. The zero-order valence-corrected chi connectivity index (χ0v) is 25.8. The maximum absolute atomic E-state index is 13.3. The fourth-order valence-corrected chi connectivity index (χ4v) is 6.02. The van der Waals surface area contributed by atoms with Crippen molar-refractivity contribution in [3.63, 3.8) is 0 Å². The number of carbonyl (C=O) groups is 2. The van der Waals surface area contributed by atoms with E-state index in [-0.39, 0.29) is 25.0 Å². The van der Waals surface area contributed by atoms with Crippen LogP contribution in [0, 0.1) is 12.8 Å². The molecular formula is C33H46LiNO4S. The Kier molecular flexibility index (Phi) is 16.1. The molecule has 1 N–H and O–H groups in total. The molecule has 0 bridgehead atoms. The van der Waals surface area contributed by atoms with Crippen LogP contribution in [0.15, 0.2) is 42.5 Å². The number of aryl methyl sites for hydroxylation is 1. The molecule has 1 aliphatic carbocycles. The molecule has 2 atom stereocenters. The predicted octanol–water partition coefficient (Wildman–Crippen LogP) is 3.70. The Morgan fingerprint density at radius 1 is 1.05 bits per heavy atom. The Morgan fingerprint density at radius 2 is 1.80 bits per heavy atom. The van der Waals surface area contributed by atoms with Crippen molar-refractivity contribution in [3.05, 3.63) is 59.2 Å². The fraction of sp³-hybridized carbons (Fsp3) is 0.576. The molecule has 0 saturated heterocycles. The van der Waals surface area contributed by atoms with E-state index in [4.69, 9.17) is 4.74 Å². The quantitative estimate of drug-likeness (QED) is 0.318. The first-order valence-corrected chi connectivity index (χ1v) is 16.1. The predicted molar refractivity (Wildman–Crippen MR) is 160 cm³/mol. The van der Waals surface area contributed by atoms with Gasteiger partial charge in [-0.3, -0.25) is 4.79 Å². The Bertz CT molecular complexity index is 1060. The van der Waals surface area contributed by atoms with Crippen LogP contribution in [-0.2, 0) is 16.1 Å². The summed E-state index contributed by atoms with van der Waals surface area (Å²) in [6, 6.07) is 12.7. The molecule has 0 aromatic heterocycles. The summed E-state index contributed by atoms with van der Waals surface area (Å²) in [6.07, 6.45) is 15.1. The number of aliphatic carboxylic acids is 1. The van der Waals surface area contributed by atoms with Crippen LogP contribution in [0.2, 0.25) is 0 Å². The molecule has 3 rings (SSSR count). The Hall–Kier alpha value is -1.71. The maximum atomic E-state index is 13.3. The van der Waals surface area contributed by atoms with Crippen molar-refractivity contribution in [1.29, 1.82) is 0 Å². The topological polar surface area (TPSA) is 78.5 Å². The number of nitrogens with one attached hydrogen (secondary N) is 1. The van der Waals surface area contributed by atoms with E-state index in [1.54, 1.807) is 17.8 Å². The first-order chi connectivity index (χ1) is 18.9. The van der Waals surface area contributed by atoms with Gasteiger partial charge in [-0.15, -0.1) is 0 Å². The summed E-state index contributed by atoms with van der Waals surface area (Å²) < 4.78 is 6.49. The summed E-state index contributed by atoms with van der Waals surface area (Å²) >= 11 is 1.54. The average molecular weight is 560 g/mol. The Morgan fingerprint density at radius 3 is 2.48 bits per heavy atom. The monoisotopic (exact) mass is 559 g/mol. The van der Waals surface area contributed by atoms with Crippen molar-refractivity contribution in [2.24, 2.45) is 5.92 Å². The van der Waals surface area contributed by atoms with Crippen molar-refractivity contribution < 1.29 is 38.3 Å². The molecule has 40 heavy (non-hydrogen) atoms. The molecule has 0 heterocycles. The van der Waals surface area contributed by atoms with Crippen molar-refractivity contribution >= 4 is 23.6 Å². The third-order valence-electron chi connectivity index (χ3n) is 7.95. The van der Waals surface area contributed by atoms with Gasteiger partial charge in [-0.1, -0.05) is 82.2 Å². The molecule has 0 aliphatic heterocycles. The summed E-state index contributed by atoms with van der Waals surface area (Å²) in [4.78, 5) is 25.0. The molecule has 214 valence electrons. The van der Waals surface area contributed by atoms with E-state index in [9.17, 15) is 14.7 Å². The number of rotatable bonds is 16. The number of benzene rings is 2. The number of carboxylic acids is 1. The summed E-state index contributed by atoms with van der Waals surface area (Å²) in [7, 11) is 0. The normalized spacial score (nSPS) is 15.2. The molecule has 1 amide bonds. The first kappa shape index (κ1) is 34.5. The van der Waals surface area contributed by atoms with Crippen molar-refractivity contribution in [2.75, 3.05) is 12.0 Å². The zero-order chi connectivity index (χ0) is 28.0. The number of thioether (sulfide) groups is 1. The Labute approximate surface area is 257 Å². The van der Waals surface area contributed by atoms with E-state index in [1.807, 2.05) is 49.6 Å². The largest absolute Gasteiger partial charge is 1.00 e.